The molecule has 0 fully saturated rings. The van der Waals surface area contributed by atoms with E-state index in [1.807, 2.05) is 31.2 Å². The molecule has 0 bridgehead atoms. The highest BCUT2D eigenvalue weighted by atomic mass is 16.1. The summed E-state index contributed by atoms with van der Waals surface area (Å²) in [7, 11) is 0. The van der Waals surface area contributed by atoms with Gasteiger partial charge in [-0.3, -0.25) is 9.78 Å². The van der Waals surface area contributed by atoms with Crippen molar-refractivity contribution in [2.45, 2.75) is 33.1 Å². The highest BCUT2D eigenvalue weighted by Crippen LogP contribution is 2.17. The number of aromatic nitrogens is 1. The number of unbranched alkanes of at least 4 members (excludes halogenated alkanes) is 2. The van der Waals surface area contributed by atoms with Crippen LogP contribution in [-0.4, -0.2) is 17.4 Å². The zero-order chi connectivity index (χ0) is 15.8. The Labute approximate surface area is 132 Å². The van der Waals surface area contributed by atoms with Gasteiger partial charge in [-0.2, -0.15) is 0 Å². The van der Waals surface area contributed by atoms with E-state index in [1.54, 1.807) is 12.3 Å². The Morgan fingerprint density at radius 2 is 1.95 bits per heavy atom. The lowest BCUT2D eigenvalue weighted by Gasteiger charge is -2.09. The number of anilines is 2. The number of carbonyl (C=O) groups is 1. The molecule has 1 heterocycles. The van der Waals surface area contributed by atoms with Crippen molar-refractivity contribution in [3.8, 4) is 0 Å². The minimum Gasteiger partial charge on any atom is -0.355 e. The minimum atomic E-state index is -0.121. The average molecular weight is 297 g/mol. The van der Waals surface area contributed by atoms with E-state index in [2.05, 4.69) is 28.6 Å². The van der Waals surface area contributed by atoms with Gasteiger partial charge in [0.1, 0.15) is 5.69 Å². The van der Waals surface area contributed by atoms with Crippen molar-refractivity contribution in [1.29, 1.82) is 0 Å². The summed E-state index contributed by atoms with van der Waals surface area (Å²) in [6.45, 7) is 4.89. The largest absolute Gasteiger partial charge is 0.355 e. The lowest BCUT2D eigenvalue weighted by Crippen LogP contribution is -2.25. The molecule has 0 aliphatic heterocycles. The van der Waals surface area contributed by atoms with Crippen molar-refractivity contribution in [1.82, 2.24) is 10.3 Å². The van der Waals surface area contributed by atoms with E-state index >= 15 is 0 Å². The number of nitrogens with one attached hydrogen (secondary N) is 2. The fraction of sp³-hybridized carbons (Fsp3) is 0.333. The van der Waals surface area contributed by atoms with E-state index in [0.29, 0.717) is 12.2 Å². The third-order valence-electron chi connectivity index (χ3n) is 3.37. The van der Waals surface area contributed by atoms with Crippen LogP contribution in [0.2, 0.25) is 0 Å². The standard InChI is InChI=1S/C18H23N3O/c1-3-4-5-10-20-18(22)17-13-16(9-11-19-17)21-15-8-6-7-14(2)12-15/h6-9,11-13H,3-5,10H2,1-2H3,(H,19,21)(H,20,22). The molecule has 0 radical (unpaired) electrons. The van der Waals surface area contributed by atoms with Crippen molar-refractivity contribution in [2.24, 2.45) is 0 Å². The van der Waals surface area contributed by atoms with Crippen LogP contribution in [0.1, 0.15) is 42.2 Å². The van der Waals surface area contributed by atoms with Crippen molar-refractivity contribution in [3.05, 3.63) is 53.9 Å². The predicted octanol–water partition coefficient (Wildman–Crippen LogP) is 4.05. The average Bonchev–Trinajstić information content (AvgIpc) is 2.52. The van der Waals surface area contributed by atoms with Crippen LogP contribution in [0.15, 0.2) is 42.6 Å². The number of pyridine rings is 1. The summed E-state index contributed by atoms with van der Waals surface area (Å²) in [5, 5.41) is 6.20. The van der Waals surface area contributed by atoms with Gasteiger partial charge in [0.05, 0.1) is 0 Å². The van der Waals surface area contributed by atoms with Gasteiger partial charge in [-0.1, -0.05) is 31.9 Å². The molecule has 0 unspecified atom stereocenters. The summed E-state index contributed by atoms with van der Waals surface area (Å²) in [6, 6.07) is 11.7. The number of carbonyl (C=O) groups excluding carboxylic acids is 1. The number of hydrogen-bond acceptors (Lipinski definition) is 3. The van der Waals surface area contributed by atoms with Gasteiger partial charge < -0.3 is 10.6 Å². The highest BCUT2D eigenvalue weighted by molar-refractivity contribution is 5.93. The first-order valence-electron chi connectivity index (χ1n) is 7.77. The van der Waals surface area contributed by atoms with Gasteiger partial charge in [0.2, 0.25) is 0 Å². The molecule has 22 heavy (non-hydrogen) atoms. The topological polar surface area (TPSA) is 54.0 Å². The molecule has 2 rings (SSSR count). The summed E-state index contributed by atoms with van der Waals surface area (Å²) < 4.78 is 0. The second-order valence-electron chi connectivity index (χ2n) is 5.39. The number of amides is 1. The summed E-state index contributed by atoms with van der Waals surface area (Å²) in [6.07, 6.45) is 4.93. The zero-order valence-corrected chi connectivity index (χ0v) is 13.2. The monoisotopic (exact) mass is 297 g/mol. The lowest BCUT2D eigenvalue weighted by atomic mass is 10.2. The van der Waals surface area contributed by atoms with Crippen LogP contribution in [0, 0.1) is 6.92 Å². The Hall–Kier alpha value is -2.36. The van der Waals surface area contributed by atoms with Gasteiger partial charge in [-0.15, -0.1) is 0 Å². The predicted molar refractivity (Wildman–Crippen MR) is 90.6 cm³/mol. The molecule has 0 aliphatic carbocycles. The van der Waals surface area contributed by atoms with Crippen LogP contribution in [-0.2, 0) is 0 Å². The third-order valence-corrected chi connectivity index (χ3v) is 3.37. The van der Waals surface area contributed by atoms with Gasteiger partial charge in [0.25, 0.3) is 5.91 Å². The van der Waals surface area contributed by atoms with Crippen LogP contribution in [0.25, 0.3) is 0 Å². The molecular formula is C18H23N3O. The van der Waals surface area contributed by atoms with Crippen LogP contribution < -0.4 is 10.6 Å². The summed E-state index contributed by atoms with van der Waals surface area (Å²) >= 11 is 0. The quantitative estimate of drug-likeness (QED) is 0.758. The number of nitrogens with zero attached hydrogens (tertiary/aromatic N) is 1. The van der Waals surface area contributed by atoms with Gasteiger partial charge >= 0.3 is 0 Å². The molecule has 0 atom stereocenters. The smallest absolute Gasteiger partial charge is 0.269 e. The molecule has 2 aromatic rings. The van der Waals surface area contributed by atoms with E-state index in [1.165, 1.54) is 5.56 Å². The molecule has 1 aromatic carbocycles. The van der Waals surface area contributed by atoms with E-state index < -0.39 is 0 Å². The van der Waals surface area contributed by atoms with Crippen LogP contribution in [0.4, 0.5) is 11.4 Å². The molecule has 4 nitrogen and oxygen atoms in total. The Bertz CT molecular complexity index is 625. The molecule has 1 aromatic heterocycles. The molecule has 116 valence electrons. The summed E-state index contributed by atoms with van der Waals surface area (Å²) in [5.74, 6) is -0.121. The first kappa shape index (κ1) is 16.0. The molecule has 0 saturated carbocycles. The molecule has 4 heteroatoms. The summed E-state index contributed by atoms with van der Waals surface area (Å²) in [5.41, 5.74) is 3.49. The minimum absolute atomic E-state index is 0.121. The Balaban J connectivity index is 1.98. The van der Waals surface area contributed by atoms with E-state index in [9.17, 15) is 4.79 Å². The number of aryl methyl sites for hydroxylation is 1. The Kier molecular flexibility index (Phi) is 5.95. The van der Waals surface area contributed by atoms with Crippen molar-refractivity contribution in [2.75, 3.05) is 11.9 Å². The number of rotatable bonds is 7. The molecule has 1 amide bonds. The summed E-state index contributed by atoms with van der Waals surface area (Å²) in [4.78, 5) is 16.2. The van der Waals surface area contributed by atoms with Crippen LogP contribution >= 0.6 is 0 Å². The van der Waals surface area contributed by atoms with Crippen LogP contribution in [0.5, 0.6) is 0 Å². The molecule has 0 aliphatic rings. The van der Waals surface area contributed by atoms with E-state index in [4.69, 9.17) is 0 Å². The van der Waals surface area contributed by atoms with Crippen LogP contribution in [0.3, 0.4) is 0 Å². The molecule has 2 N–H and O–H groups in total. The van der Waals surface area contributed by atoms with E-state index in [0.717, 1.165) is 30.6 Å². The second-order valence-corrected chi connectivity index (χ2v) is 5.39. The Morgan fingerprint density at radius 3 is 2.73 bits per heavy atom. The maximum absolute atomic E-state index is 12.1. The van der Waals surface area contributed by atoms with Crippen molar-refractivity contribution < 1.29 is 4.79 Å². The number of hydrogen-bond donors (Lipinski definition) is 2. The van der Waals surface area contributed by atoms with Crippen molar-refractivity contribution in [3.63, 3.8) is 0 Å². The highest BCUT2D eigenvalue weighted by Gasteiger charge is 2.07. The first-order valence-corrected chi connectivity index (χ1v) is 7.77. The van der Waals surface area contributed by atoms with Gasteiger partial charge in [0, 0.05) is 24.1 Å². The molecule has 0 spiro atoms. The van der Waals surface area contributed by atoms with Gasteiger partial charge in [0.15, 0.2) is 0 Å². The van der Waals surface area contributed by atoms with Crippen molar-refractivity contribution >= 4 is 17.3 Å². The maximum Gasteiger partial charge on any atom is 0.269 e. The third kappa shape index (κ3) is 4.88. The second kappa shape index (κ2) is 8.17. The maximum atomic E-state index is 12.1. The van der Waals surface area contributed by atoms with E-state index in [-0.39, 0.29) is 5.91 Å². The molecular weight excluding hydrogens is 274 g/mol. The number of benzene rings is 1. The fourth-order valence-electron chi connectivity index (χ4n) is 2.19. The first-order chi connectivity index (χ1) is 10.7. The zero-order valence-electron chi connectivity index (χ0n) is 13.2. The lowest BCUT2D eigenvalue weighted by molar-refractivity contribution is 0.0948. The van der Waals surface area contributed by atoms with Gasteiger partial charge in [-0.05, 0) is 43.2 Å². The van der Waals surface area contributed by atoms with Gasteiger partial charge in [-0.25, -0.2) is 0 Å². The SMILES string of the molecule is CCCCCNC(=O)c1cc(Nc2cccc(C)c2)ccn1. The molecule has 0 saturated heterocycles. The normalized spacial score (nSPS) is 10.3. The Morgan fingerprint density at radius 1 is 1.14 bits per heavy atom. The fourth-order valence-corrected chi connectivity index (χ4v) is 2.19.